The molecule has 0 fully saturated rings. The molecule has 0 saturated carbocycles. The van der Waals surface area contributed by atoms with Crippen molar-refractivity contribution in [3.8, 4) is 0 Å². The van der Waals surface area contributed by atoms with Crippen molar-refractivity contribution in [2.45, 2.75) is 26.3 Å². The molecule has 0 aromatic heterocycles. The number of likely N-dealkylation sites (N-methyl/N-ethyl adjacent to an activating group) is 1. The molecule has 0 spiro atoms. The minimum atomic E-state index is -0.655. The molecule has 2 amide bonds. The van der Waals surface area contributed by atoms with Gasteiger partial charge in [0.2, 0.25) is 5.91 Å². The van der Waals surface area contributed by atoms with E-state index in [1.807, 2.05) is 20.8 Å². The Hall–Kier alpha value is -1.88. The van der Waals surface area contributed by atoms with Crippen LogP contribution in [0.1, 0.15) is 31.1 Å². The van der Waals surface area contributed by atoms with E-state index >= 15 is 0 Å². The SMILES string of the molecule is CCNC(C)(C)C(=O)Nc1cccc(C(=O)NC)c1. The van der Waals surface area contributed by atoms with Crippen LogP contribution < -0.4 is 16.0 Å². The van der Waals surface area contributed by atoms with Crippen LogP contribution in [0.4, 0.5) is 5.69 Å². The number of hydrogen-bond acceptors (Lipinski definition) is 3. The van der Waals surface area contributed by atoms with Gasteiger partial charge in [-0.3, -0.25) is 9.59 Å². The molecule has 0 heterocycles. The number of carbonyl (C=O) groups excluding carboxylic acids is 2. The van der Waals surface area contributed by atoms with E-state index in [4.69, 9.17) is 0 Å². The van der Waals surface area contributed by atoms with Crippen molar-refractivity contribution < 1.29 is 9.59 Å². The first-order chi connectivity index (χ1) is 8.90. The van der Waals surface area contributed by atoms with E-state index in [2.05, 4.69) is 16.0 Å². The van der Waals surface area contributed by atoms with Gasteiger partial charge >= 0.3 is 0 Å². The molecule has 1 aromatic rings. The maximum Gasteiger partial charge on any atom is 0.251 e. The summed E-state index contributed by atoms with van der Waals surface area (Å²) in [6, 6.07) is 6.84. The zero-order chi connectivity index (χ0) is 14.5. The molecule has 5 nitrogen and oxygen atoms in total. The van der Waals surface area contributed by atoms with Crippen molar-refractivity contribution >= 4 is 17.5 Å². The van der Waals surface area contributed by atoms with Crippen LogP contribution in [-0.4, -0.2) is 30.9 Å². The second-order valence-electron chi connectivity index (χ2n) is 4.77. The Bertz CT molecular complexity index is 470. The van der Waals surface area contributed by atoms with Crippen molar-refractivity contribution in [3.05, 3.63) is 29.8 Å². The summed E-state index contributed by atoms with van der Waals surface area (Å²) in [6.07, 6.45) is 0. The first kappa shape index (κ1) is 15.2. The summed E-state index contributed by atoms with van der Waals surface area (Å²) in [5.74, 6) is -0.314. The van der Waals surface area contributed by atoms with Crippen molar-refractivity contribution in [1.82, 2.24) is 10.6 Å². The van der Waals surface area contributed by atoms with Crippen LogP contribution in [0.2, 0.25) is 0 Å². The first-order valence-corrected chi connectivity index (χ1v) is 6.29. The summed E-state index contributed by atoms with van der Waals surface area (Å²) in [7, 11) is 1.57. The van der Waals surface area contributed by atoms with Crippen molar-refractivity contribution in [3.63, 3.8) is 0 Å². The van der Waals surface area contributed by atoms with Crippen LogP contribution in [-0.2, 0) is 4.79 Å². The highest BCUT2D eigenvalue weighted by atomic mass is 16.2. The molecule has 104 valence electrons. The number of benzene rings is 1. The second-order valence-corrected chi connectivity index (χ2v) is 4.77. The van der Waals surface area contributed by atoms with E-state index in [1.165, 1.54) is 0 Å². The standard InChI is InChI=1S/C14H21N3O2/c1-5-16-14(2,3)13(19)17-11-8-6-7-10(9-11)12(18)15-4/h6-9,16H,5H2,1-4H3,(H,15,18)(H,17,19). The third kappa shape index (κ3) is 4.06. The number of rotatable bonds is 5. The van der Waals surface area contributed by atoms with E-state index in [0.717, 1.165) is 0 Å². The van der Waals surface area contributed by atoms with Gasteiger partial charge in [-0.1, -0.05) is 13.0 Å². The number of carbonyl (C=O) groups is 2. The summed E-state index contributed by atoms with van der Waals surface area (Å²) < 4.78 is 0. The normalized spacial score (nSPS) is 10.9. The molecular formula is C14H21N3O2. The van der Waals surface area contributed by atoms with Crippen LogP contribution in [0.5, 0.6) is 0 Å². The summed E-state index contributed by atoms with van der Waals surface area (Å²) >= 11 is 0. The van der Waals surface area contributed by atoms with Crippen LogP contribution in [0, 0.1) is 0 Å². The van der Waals surface area contributed by atoms with Gasteiger partial charge < -0.3 is 16.0 Å². The zero-order valence-corrected chi connectivity index (χ0v) is 11.8. The fraction of sp³-hybridized carbons (Fsp3) is 0.429. The van der Waals surface area contributed by atoms with Crippen LogP contribution in [0.15, 0.2) is 24.3 Å². The molecule has 0 aliphatic carbocycles. The fourth-order valence-corrected chi connectivity index (χ4v) is 1.69. The summed E-state index contributed by atoms with van der Waals surface area (Å²) in [4.78, 5) is 23.6. The van der Waals surface area contributed by atoms with E-state index < -0.39 is 5.54 Å². The Balaban J connectivity index is 2.83. The summed E-state index contributed by atoms with van der Waals surface area (Å²) in [5.41, 5.74) is 0.469. The van der Waals surface area contributed by atoms with Crippen LogP contribution in [0.3, 0.4) is 0 Å². The molecule has 19 heavy (non-hydrogen) atoms. The van der Waals surface area contributed by atoms with Crippen LogP contribution in [0.25, 0.3) is 0 Å². The minimum absolute atomic E-state index is 0.136. The third-order valence-corrected chi connectivity index (χ3v) is 2.80. The number of nitrogens with one attached hydrogen (secondary N) is 3. The maximum atomic E-state index is 12.1. The summed E-state index contributed by atoms with van der Waals surface area (Å²) in [5, 5.41) is 8.45. The van der Waals surface area contributed by atoms with E-state index in [9.17, 15) is 9.59 Å². The molecule has 0 atom stereocenters. The number of hydrogen-bond donors (Lipinski definition) is 3. The van der Waals surface area contributed by atoms with Crippen molar-refractivity contribution in [2.24, 2.45) is 0 Å². The molecule has 1 rings (SSSR count). The lowest BCUT2D eigenvalue weighted by Gasteiger charge is -2.24. The zero-order valence-electron chi connectivity index (χ0n) is 11.8. The largest absolute Gasteiger partial charge is 0.355 e. The van der Waals surface area contributed by atoms with Gasteiger partial charge in [-0.2, -0.15) is 0 Å². The van der Waals surface area contributed by atoms with Gasteiger partial charge in [-0.25, -0.2) is 0 Å². The smallest absolute Gasteiger partial charge is 0.251 e. The highest BCUT2D eigenvalue weighted by Gasteiger charge is 2.26. The van der Waals surface area contributed by atoms with E-state index in [0.29, 0.717) is 17.8 Å². The molecule has 1 aromatic carbocycles. The molecule has 5 heteroatoms. The molecule has 0 aliphatic rings. The van der Waals surface area contributed by atoms with E-state index in [-0.39, 0.29) is 11.8 Å². The van der Waals surface area contributed by atoms with Gasteiger partial charge in [0.15, 0.2) is 0 Å². The second kappa shape index (κ2) is 6.33. The summed E-state index contributed by atoms with van der Waals surface area (Å²) in [6.45, 7) is 6.28. The predicted octanol–water partition coefficient (Wildman–Crippen LogP) is 1.37. The third-order valence-electron chi connectivity index (χ3n) is 2.80. The predicted molar refractivity (Wildman–Crippen MR) is 76.2 cm³/mol. The maximum absolute atomic E-state index is 12.1. The molecule has 0 unspecified atom stereocenters. The Kier molecular flexibility index (Phi) is 5.06. The molecule has 0 saturated heterocycles. The fourth-order valence-electron chi connectivity index (χ4n) is 1.69. The molecule has 3 N–H and O–H groups in total. The quantitative estimate of drug-likeness (QED) is 0.751. The van der Waals surface area contributed by atoms with Gasteiger partial charge in [0, 0.05) is 18.3 Å². The molecular weight excluding hydrogens is 242 g/mol. The Morgan fingerprint density at radius 2 is 1.95 bits per heavy atom. The Labute approximate surface area is 113 Å². The van der Waals surface area contributed by atoms with Gasteiger partial charge in [0.05, 0.1) is 5.54 Å². The van der Waals surface area contributed by atoms with Gasteiger partial charge in [-0.15, -0.1) is 0 Å². The highest BCUT2D eigenvalue weighted by Crippen LogP contribution is 2.13. The molecule has 0 radical (unpaired) electrons. The molecule has 0 bridgehead atoms. The van der Waals surface area contributed by atoms with Crippen LogP contribution >= 0.6 is 0 Å². The minimum Gasteiger partial charge on any atom is -0.355 e. The topological polar surface area (TPSA) is 70.2 Å². The van der Waals surface area contributed by atoms with Crippen molar-refractivity contribution in [1.29, 1.82) is 0 Å². The van der Waals surface area contributed by atoms with Gasteiger partial charge in [0.1, 0.15) is 0 Å². The highest BCUT2D eigenvalue weighted by molar-refractivity contribution is 5.99. The first-order valence-electron chi connectivity index (χ1n) is 6.29. The number of amides is 2. The van der Waals surface area contributed by atoms with Gasteiger partial charge in [0.25, 0.3) is 5.91 Å². The molecule has 0 aliphatic heterocycles. The average Bonchev–Trinajstić information content (AvgIpc) is 2.38. The Morgan fingerprint density at radius 1 is 1.26 bits per heavy atom. The van der Waals surface area contributed by atoms with E-state index in [1.54, 1.807) is 31.3 Å². The van der Waals surface area contributed by atoms with Crippen molar-refractivity contribution in [2.75, 3.05) is 18.9 Å². The average molecular weight is 263 g/mol. The Morgan fingerprint density at radius 3 is 2.53 bits per heavy atom. The lowest BCUT2D eigenvalue weighted by Crippen LogP contribution is -2.49. The number of anilines is 1. The lowest BCUT2D eigenvalue weighted by atomic mass is 10.0. The lowest BCUT2D eigenvalue weighted by molar-refractivity contribution is -0.121. The van der Waals surface area contributed by atoms with Gasteiger partial charge in [-0.05, 0) is 38.6 Å². The monoisotopic (exact) mass is 263 g/mol.